The molecule has 1 aromatic carbocycles. The Morgan fingerprint density at radius 2 is 2.05 bits per heavy atom. The van der Waals surface area contributed by atoms with Crippen LogP contribution in [0.3, 0.4) is 0 Å². The molecule has 4 rings (SSSR count). The molecule has 0 spiro atoms. The van der Waals surface area contributed by atoms with E-state index in [-0.39, 0.29) is 18.2 Å². The Kier molecular flexibility index (Phi) is 2.05. The molecule has 1 aromatic rings. The number of halogens is 1. The number of nitrogens with one attached hydrogen (secondary N) is 2. The lowest BCUT2D eigenvalue weighted by molar-refractivity contribution is -0.148. The molecule has 5 nitrogen and oxygen atoms in total. The zero-order valence-electron chi connectivity index (χ0n) is 10.9. The molecule has 2 fully saturated rings. The number of fused-ring (bicyclic) bond motifs is 5. The maximum atomic E-state index is 15.4. The van der Waals surface area contributed by atoms with Crippen molar-refractivity contribution >= 4 is 17.5 Å². The van der Waals surface area contributed by atoms with Gasteiger partial charge >= 0.3 is 0 Å². The second-order valence-corrected chi connectivity index (χ2v) is 5.65. The van der Waals surface area contributed by atoms with E-state index in [0.29, 0.717) is 11.3 Å². The predicted octanol–water partition coefficient (Wildman–Crippen LogP) is 0.722. The lowest BCUT2D eigenvalue weighted by Gasteiger charge is -2.36. The van der Waals surface area contributed by atoms with Crippen LogP contribution in [0.15, 0.2) is 24.3 Å². The Balaban J connectivity index is 1.82. The Bertz CT molecular complexity index is 635. The first-order valence-electron chi connectivity index (χ1n) is 6.70. The Morgan fingerprint density at radius 1 is 1.30 bits per heavy atom. The third-order valence-electron chi connectivity index (χ3n) is 4.49. The lowest BCUT2D eigenvalue weighted by Crippen LogP contribution is -2.63. The summed E-state index contributed by atoms with van der Waals surface area (Å²) < 4.78 is 15.4. The molecule has 104 valence electrons. The van der Waals surface area contributed by atoms with Crippen LogP contribution in [-0.2, 0) is 15.3 Å². The van der Waals surface area contributed by atoms with Crippen LogP contribution in [0.5, 0.6) is 0 Å². The van der Waals surface area contributed by atoms with Crippen molar-refractivity contribution in [1.29, 1.82) is 0 Å². The maximum absolute atomic E-state index is 15.4. The van der Waals surface area contributed by atoms with Crippen LogP contribution in [0.1, 0.15) is 18.9 Å². The van der Waals surface area contributed by atoms with E-state index in [2.05, 4.69) is 10.6 Å². The van der Waals surface area contributed by atoms with Crippen molar-refractivity contribution in [3.05, 3.63) is 29.8 Å². The summed E-state index contributed by atoms with van der Waals surface area (Å²) in [5.74, 6) is -0.512. The minimum Gasteiger partial charge on any atom is -0.362 e. The SMILES string of the molecule is C[C@@H]1NC(=O)[C@@H]2CC3(F)c4ccccc4NC3N2C1=O. The average molecular weight is 275 g/mol. The van der Waals surface area contributed by atoms with E-state index in [1.54, 1.807) is 25.1 Å². The van der Waals surface area contributed by atoms with Crippen LogP contribution in [0.2, 0.25) is 0 Å². The minimum absolute atomic E-state index is 0.00593. The smallest absolute Gasteiger partial charge is 0.247 e. The first kappa shape index (κ1) is 11.7. The highest BCUT2D eigenvalue weighted by Crippen LogP contribution is 2.52. The first-order valence-corrected chi connectivity index (χ1v) is 6.70. The van der Waals surface area contributed by atoms with Crippen molar-refractivity contribution in [1.82, 2.24) is 10.2 Å². The van der Waals surface area contributed by atoms with Gasteiger partial charge in [0.2, 0.25) is 11.8 Å². The van der Waals surface area contributed by atoms with Crippen molar-refractivity contribution < 1.29 is 14.0 Å². The number of hydrogen-bond donors (Lipinski definition) is 2. The Hall–Kier alpha value is -2.11. The fraction of sp³-hybridized carbons (Fsp3) is 0.429. The van der Waals surface area contributed by atoms with Crippen LogP contribution >= 0.6 is 0 Å². The number of carbonyl (C=O) groups excluding carboxylic acids is 2. The highest BCUT2D eigenvalue weighted by molar-refractivity contribution is 5.98. The van der Waals surface area contributed by atoms with Gasteiger partial charge in [-0.25, -0.2) is 4.39 Å². The number of amides is 2. The van der Waals surface area contributed by atoms with Crippen molar-refractivity contribution in [3.8, 4) is 0 Å². The second-order valence-electron chi connectivity index (χ2n) is 5.65. The van der Waals surface area contributed by atoms with Crippen molar-refractivity contribution in [2.24, 2.45) is 0 Å². The molecule has 6 heteroatoms. The molecule has 0 aliphatic carbocycles. The van der Waals surface area contributed by atoms with Gasteiger partial charge in [0.1, 0.15) is 18.2 Å². The molecule has 2 unspecified atom stereocenters. The van der Waals surface area contributed by atoms with E-state index in [0.717, 1.165) is 0 Å². The summed E-state index contributed by atoms with van der Waals surface area (Å²) in [5, 5.41) is 5.66. The molecule has 0 aromatic heterocycles. The van der Waals surface area contributed by atoms with Gasteiger partial charge in [-0.15, -0.1) is 0 Å². The normalized spacial score (nSPS) is 37.9. The average Bonchev–Trinajstić information content (AvgIpc) is 2.86. The summed E-state index contributed by atoms with van der Waals surface area (Å²) in [6.45, 7) is 1.62. The quantitative estimate of drug-likeness (QED) is 0.733. The van der Waals surface area contributed by atoms with Gasteiger partial charge in [0, 0.05) is 17.7 Å². The summed E-state index contributed by atoms with van der Waals surface area (Å²) in [6, 6.07) is 5.77. The summed E-state index contributed by atoms with van der Waals surface area (Å²) in [5.41, 5.74) is -0.462. The van der Waals surface area contributed by atoms with E-state index in [1.807, 2.05) is 6.07 Å². The summed E-state index contributed by atoms with van der Waals surface area (Å²) >= 11 is 0. The van der Waals surface area contributed by atoms with E-state index < -0.39 is 23.9 Å². The van der Waals surface area contributed by atoms with E-state index >= 15 is 4.39 Å². The van der Waals surface area contributed by atoms with Gasteiger partial charge in [-0.1, -0.05) is 18.2 Å². The van der Waals surface area contributed by atoms with Gasteiger partial charge in [0.25, 0.3) is 0 Å². The number of benzene rings is 1. The molecular weight excluding hydrogens is 261 g/mol. The van der Waals surface area contributed by atoms with Crippen LogP contribution in [0, 0.1) is 0 Å². The topological polar surface area (TPSA) is 61.4 Å². The van der Waals surface area contributed by atoms with Crippen LogP contribution in [0.25, 0.3) is 0 Å². The predicted molar refractivity (Wildman–Crippen MR) is 69.5 cm³/mol. The van der Waals surface area contributed by atoms with E-state index in [4.69, 9.17) is 0 Å². The maximum Gasteiger partial charge on any atom is 0.247 e. The summed E-state index contributed by atoms with van der Waals surface area (Å²) in [7, 11) is 0. The molecule has 3 aliphatic rings. The van der Waals surface area contributed by atoms with Crippen LogP contribution in [0.4, 0.5) is 10.1 Å². The number of nitrogens with zero attached hydrogens (tertiary/aromatic N) is 1. The van der Waals surface area contributed by atoms with Crippen molar-refractivity contribution in [2.75, 3.05) is 5.32 Å². The third kappa shape index (κ3) is 1.21. The molecule has 2 N–H and O–H groups in total. The molecule has 0 saturated carbocycles. The van der Waals surface area contributed by atoms with Gasteiger partial charge in [-0.2, -0.15) is 0 Å². The standard InChI is InChI=1S/C14H14FN3O2/c1-7-12(20)18-10(11(19)16-7)6-14(15)8-4-2-3-5-9(8)17-13(14)18/h2-5,7,10,13,17H,6H2,1H3,(H,16,19)/t7-,10-,13?,14?/m0/s1. The molecule has 20 heavy (non-hydrogen) atoms. The number of piperazine rings is 1. The second kappa shape index (κ2) is 3.50. The molecule has 3 heterocycles. The molecule has 0 radical (unpaired) electrons. The summed E-state index contributed by atoms with van der Waals surface area (Å²) in [6.07, 6.45) is -0.780. The number of anilines is 1. The Morgan fingerprint density at radius 3 is 2.85 bits per heavy atom. The number of hydrogen-bond acceptors (Lipinski definition) is 3. The third-order valence-corrected chi connectivity index (χ3v) is 4.49. The molecule has 4 atom stereocenters. The zero-order valence-corrected chi connectivity index (χ0v) is 10.9. The number of para-hydroxylation sites is 1. The Labute approximate surface area is 115 Å². The molecular formula is C14H14FN3O2. The number of carbonyl (C=O) groups is 2. The fourth-order valence-electron chi connectivity index (χ4n) is 3.55. The van der Waals surface area contributed by atoms with Crippen molar-refractivity contribution in [3.63, 3.8) is 0 Å². The number of alkyl halides is 1. The summed E-state index contributed by atoms with van der Waals surface area (Å²) in [4.78, 5) is 25.7. The van der Waals surface area contributed by atoms with E-state index in [1.165, 1.54) is 4.90 Å². The van der Waals surface area contributed by atoms with Crippen LogP contribution in [-0.4, -0.2) is 35.0 Å². The van der Waals surface area contributed by atoms with Gasteiger partial charge < -0.3 is 15.5 Å². The lowest BCUT2D eigenvalue weighted by atomic mass is 9.93. The van der Waals surface area contributed by atoms with E-state index in [9.17, 15) is 9.59 Å². The fourth-order valence-corrected chi connectivity index (χ4v) is 3.55. The molecule has 2 saturated heterocycles. The van der Waals surface area contributed by atoms with Gasteiger partial charge in [0.15, 0.2) is 5.67 Å². The van der Waals surface area contributed by atoms with Gasteiger partial charge in [-0.3, -0.25) is 9.59 Å². The van der Waals surface area contributed by atoms with Crippen LogP contribution < -0.4 is 10.6 Å². The largest absolute Gasteiger partial charge is 0.362 e. The zero-order chi connectivity index (χ0) is 14.1. The molecule has 3 aliphatic heterocycles. The minimum atomic E-state index is -1.70. The highest BCUT2D eigenvalue weighted by Gasteiger charge is 2.63. The van der Waals surface area contributed by atoms with Crippen molar-refractivity contribution in [2.45, 2.75) is 37.3 Å². The first-order chi connectivity index (χ1) is 9.52. The molecule has 2 amide bonds. The van der Waals surface area contributed by atoms with Gasteiger partial charge in [-0.05, 0) is 13.0 Å². The number of rotatable bonds is 0. The van der Waals surface area contributed by atoms with Gasteiger partial charge in [0.05, 0.1) is 0 Å². The molecule has 0 bridgehead atoms. The highest BCUT2D eigenvalue weighted by atomic mass is 19.1. The monoisotopic (exact) mass is 275 g/mol.